The van der Waals surface area contributed by atoms with E-state index in [1.807, 2.05) is 132 Å². The Kier molecular flexibility index (Phi) is 30.2. The number of hydrogen-bond acceptors (Lipinski definition) is 19. The summed E-state index contributed by atoms with van der Waals surface area (Å²) in [6.45, 7) is 7.49. The number of rotatable bonds is 25. The first-order valence-corrected chi connectivity index (χ1v) is 41.6. The maximum absolute atomic E-state index is 12.8. The third-order valence-corrected chi connectivity index (χ3v) is 21.3. The number of amides is 2. The molecule has 1 saturated heterocycles. The van der Waals surface area contributed by atoms with E-state index in [1.165, 1.54) is 9.36 Å². The Hall–Kier alpha value is -14.0. The summed E-state index contributed by atoms with van der Waals surface area (Å²) in [5, 5.41) is 37.3. The van der Waals surface area contributed by atoms with Gasteiger partial charge in [-0.25, -0.2) is 24.7 Å². The molecule has 616 valence electrons. The van der Waals surface area contributed by atoms with Crippen LogP contribution in [0.4, 0.5) is 11.4 Å². The van der Waals surface area contributed by atoms with Gasteiger partial charge in [-0.1, -0.05) is 173 Å². The second-order valence-corrected chi connectivity index (χ2v) is 31.3. The summed E-state index contributed by atoms with van der Waals surface area (Å²) >= 11 is 0. The Labute approximate surface area is 692 Å². The number of nitrogens with zero attached hydrogens (tertiary/aromatic N) is 9. The Morgan fingerprint density at radius 2 is 0.900 bits per heavy atom. The summed E-state index contributed by atoms with van der Waals surface area (Å²) < 4.78 is 25.1. The first-order valence-electron chi connectivity index (χ1n) is 39.5. The summed E-state index contributed by atoms with van der Waals surface area (Å²) in [4.78, 5) is 127. The number of anilines is 2. The lowest BCUT2D eigenvalue weighted by atomic mass is 10.0. The van der Waals surface area contributed by atoms with E-state index >= 15 is 0 Å². The maximum Gasteiger partial charge on any atom is 0.276 e. The standard InChI is InChI=1S/C21H22N4O3.C19H19N3O2.C19H18N2O3S.C19H18N2O3.C15H18N2O2/c1-28-16-6-4-5-15(13-16)24-9-11-25(12-10-24)20(26)14-19-17-7-2-3-8-18(17)21(27)23-22-19;1-2-3-13-22-19(24)16-12-8-7-11-15(16)17(21-22)18(23)20-14-9-5-4-6-10-14;1-25(2,24)15-9-7-13(8-10-15)11-14(22)12-18-16-5-3-4-6-17(16)19(23)21-20-18;1-21-19(23)17-9-4-3-8-16(17)18(20-21)12-14(22)10-13-6-5-7-15(11-13)24-2;1-2-3-4-7-11(18)10-14-12-8-5-6-9-13(12)15(19)17-16-14/h2-8,13H,9-12,14H2,1H3,(H,23,27);4-12H,2-3,13H2,1H3,(H,20,23);3-10H,1,11-12H2,2H3,(H,21,23);3-9,11H,10,12H2,1-2H3;5-6,8-9H,2-4,7,10H2,1H3,(H,17,19). The normalized spacial score (nSPS) is 12.2. The van der Waals surface area contributed by atoms with E-state index in [2.05, 4.69) is 76.8 Å². The molecule has 1 aliphatic rings. The number of carbonyl (C=O) groups excluding carboxylic acids is 5. The average molecular weight is 1630 g/mol. The summed E-state index contributed by atoms with van der Waals surface area (Å²) in [6, 6.07) is 67.6. The van der Waals surface area contributed by atoms with Gasteiger partial charge in [-0.15, -0.1) is 0 Å². The molecule has 1 unspecified atom stereocenters. The van der Waals surface area contributed by atoms with E-state index in [0.29, 0.717) is 110 Å². The summed E-state index contributed by atoms with van der Waals surface area (Å²) in [7, 11) is 2.60. The smallest absolute Gasteiger partial charge is 0.276 e. The molecule has 0 radical (unpaired) electrons. The molecule has 1 aliphatic heterocycles. The number of aryl methyl sites for hydroxylation is 2. The van der Waals surface area contributed by atoms with Crippen LogP contribution in [0.25, 0.3) is 53.9 Å². The van der Waals surface area contributed by atoms with Gasteiger partial charge in [0.15, 0.2) is 5.69 Å². The number of fused-ring (bicyclic) bond motifs is 5. The van der Waals surface area contributed by atoms with Crippen LogP contribution in [0.1, 0.15) is 96.8 Å². The molecule has 1 fully saturated rings. The number of para-hydroxylation sites is 1. The minimum Gasteiger partial charge on any atom is -0.497 e. The van der Waals surface area contributed by atoms with Gasteiger partial charge in [-0.05, 0) is 118 Å². The molecular weight excluding hydrogens is 1540 g/mol. The van der Waals surface area contributed by atoms with E-state index in [9.17, 15) is 52.2 Å². The Morgan fingerprint density at radius 3 is 1.43 bits per heavy atom. The van der Waals surface area contributed by atoms with E-state index in [0.717, 1.165) is 89.7 Å². The number of unbranched alkanes of at least 4 members (excludes halogenated alkanes) is 3. The number of ether oxygens (including phenoxy) is 2. The van der Waals surface area contributed by atoms with Crippen LogP contribution in [-0.2, 0) is 80.8 Å². The van der Waals surface area contributed by atoms with Gasteiger partial charge in [0.25, 0.3) is 33.7 Å². The highest BCUT2D eigenvalue weighted by Gasteiger charge is 2.25. The molecule has 5 aromatic heterocycles. The predicted octanol–water partition coefficient (Wildman–Crippen LogP) is 12.2. The zero-order chi connectivity index (χ0) is 85.2. The summed E-state index contributed by atoms with van der Waals surface area (Å²) in [5.74, 6) is 5.12. The van der Waals surface area contributed by atoms with Crippen LogP contribution in [0.3, 0.4) is 0 Å². The molecule has 0 bridgehead atoms. The SMILES string of the molecule is C=S(C)(=O)c1ccc(CC(=O)Cc2n[nH]c(=O)c3ccccc23)cc1.CCCCCC(=O)Cc1n[nH]c(=O)c2ccccc12.CCCCn1nc(C(=O)Nc2ccccc2)c2ccccc2c1=O.COc1cccc(CC(=O)Cc2nn(C)c(=O)c3ccccc23)c1.COc1cccc(N2CCN(C(=O)Cc3n[nH]c(=O)c4ccccc34)CC2)c1. The molecule has 120 heavy (non-hydrogen) atoms. The third kappa shape index (κ3) is 23.0. The molecule has 0 spiro atoms. The van der Waals surface area contributed by atoms with Crippen molar-refractivity contribution < 1.29 is 37.7 Å². The van der Waals surface area contributed by atoms with Gasteiger partial charge in [0, 0.05) is 115 Å². The van der Waals surface area contributed by atoms with E-state index in [-0.39, 0.29) is 88.3 Å². The van der Waals surface area contributed by atoms with Crippen molar-refractivity contribution in [2.75, 3.05) is 56.9 Å². The molecule has 0 aliphatic carbocycles. The van der Waals surface area contributed by atoms with Crippen molar-refractivity contribution >= 4 is 110 Å². The monoisotopic (exact) mass is 1630 g/mol. The van der Waals surface area contributed by atoms with Crippen LogP contribution in [0.2, 0.25) is 0 Å². The second kappa shape index (κ2) is 41.7. The van der Waals surface area contributed by atoms with Gasteiger partial charge >= 0.3 is 0 Å². The third-order valence-electron chi connectivity index (χ3n) is 20.1. The number of ketones is 3. The molecule has 15 rings (SSSR count). The van der Waals surface area contributed by atoms with Crippen LogP contribution in [0.15, 0.2) is 253 Å². The molecule has 9 aromatic carbocycles. The molecule has 4 N–H and O–H groups in total. The van der Waals surface area contributed by atoms with Crippen molar-refractivity contribution in [3.8, 4) is 11.5 Å². The minimum atomic E-state index is -2.25. The summed E-state index contributed by atoms with van der Waals surface area (Å²) in [5.41, 5.74) is 5.23. The number of benzene rings is 9. The second-order valence-electron chi connectivity index (χ2n) is 28.9. The number of carbonyl (C=O) groups is 5. The molecule has 0 saturated carbocycles. The van der Waals surface area contributed by atoms with Crippen LogP contribution in [0, 0.1) is 0 Å². The van der Waals surface area contributed by atoms with Crippen LogP contribution in [-0.4, -0.2) is 141 Å². The fourth-order valence-electron chi connectivity index (χ4n) is 13.8. The number of nitrogens with one attached hydrogen (secondary N) is 4. The van der Waals surface area contributed by atoms with Crippen molar-refractivity contribution in [3.63, 3.8) is 0 Å². The Balaban J connectivity index is 0.000000147. The van der Waals surface area contributed by atoms with E-state index in [1.54, 1.807) is 119 Å². The quantitative estimate of drug-likeness (QED) is 0.0305. The molecule has 27 heteroatoms. The lowest BCUT2D eigenvalue weighted by Crippen LogP contribution is -2.49. The lowest BCUT2D eigenvalue weighted by Gasteiger charge is -2.36. The van der Waals surface area contributed by atoms with Gasteiger partial charge in [-0.3, -0.25) is 52.2 Å². The number of H-pyrrole nitrogens is 3. The van der Waals surface area contributed by atoms with Crippen LogP contribution in [0.5, 0.6) is 11.5 Å². The van der Waals surface area contributed by atoms with Crippen LogP contribution < -0.4 is 47.5 Å². The average Bonchev–Trinajstić information content (AvgIpc) is 0.943. The van der Waals surface area contributed by atoms with Crippen molar-refractivity contribution in [1.82, 2.24) is 55.1 Å². The molecule has 6 heterocycles. The first kappa shape index (κ1) is 86.9. The Bertz CT molecular complexity index is 6460. The molecule has 26 nitrogen and oxygen atoms in total. The van der Waals surface area contributed by atoms with Crippen molar-refractivity contribution in [2.24, 2.45) is 7.05 Å². The highest BCUT2D eigenvalue weighted by molar-refractivity contribution is 7.99. The highest BCUT2D eigenvalue weighted by atomic mass is 32.2. The van der Waals surface area contributed by atoms with Crippen molar-refractivity contribution in [1.29, 1.82) is 0 Å². The Morgan fingerprint density at radius 1 is 0.450 bits per heavy atom. The predicted molar refractivity (Wildman–Crippen MR) is 471 cm³/mol. The van der Waals surface area contributed by atoms with E-state index in [4.69, 9.17) is 9.47 Å². The fourth-order valence-corrected chi connectivity index (χ4v) is 14.5. The number of methoxy groups -OCH3 is 2. The maximum atomic E-state index is 12.8. The van der Waals surface area contributed by atoms with Crippen LogP contribution >= 0.6 is 0 Å². The highest BCUT2D eigenvalue weighted by Crippen LogP contribution is 2.25. The van der Waals surface area contributed by atoms with Gasteiger partial charge in [-0.2, -0.15) is 25.5 Å². The molecular formula is C93H95N13O13S. The number of piperazine rings is 1. The van der Waals surface area contributed by atoms with Gasteiger partial charge in [0.2, 0.25) is 5.91 Å². The largest absolute Gasteiger partial charge is 0.497 e. The first-order chi connectivity index (χ1) is 58.0. The fraction of sp³-hybridized carbons (Fsp3) is 0.247. The van der Waals surface area contributed by atoms with E-state index < -0.39 is 9.52 Å². The minimum absolute atomic E-state index is 0.00990. The molecule has 14 aromatic rings. The molecule has 2 amide bonds. The number of Topliss-reactive ketones (excluding diaryl/α,β-unsaturated/α-hetero) is 3. The summed E-state index contributed by atoms with van der Waals surface area (Å²) in [6.07, 6.45) is 8.41. The number of aromatic amines is 3. The van der Waals surface area contributed by atoms with Crippen molar-refractivity contribution in [3.05, 3.63) is 316 Å². The number of aromatic nitrogens is 10. The topological polar surface area (TPSA) is 346 Å². The van der Waals surface area contributed by atoms with Crippen molar-refractivity contribution in [2.45, 2.75) is 102 Å². The lowest BCUT2D eigenvalue weighted by molar-refractivity contribution is -0.130. The van der Waals surface area contributed by atoms with Gasteiger partial charge < -0.3 is 24.6 Å². The molecule has 1 atom stereocenters. The zero-order valence-corrected chi connectivity index (χ0v) is 68.6. The zero-order valence-electron chi connectivity index (χ0n) is 67.8. The van der Waals surface area contributed by atoms with Gasteiger partial charge in [0.05, 0.1) is 89.6 Å². The van der Waals surface area contributed by atoms with Gasteiger partial charge in [0.1, 0.15) is 28.8 Å². The number of hydrogen-bond donors (Lipinski definition) is 4.